The highest BCUT2D eigenvalue weighted by molar-refractivity contribution is 7.99. The molecule has 0 radical (unpaired) electrons. The van der Waals surface area contributed by atoms with Gasteiger partial charge in [-0.05, 0) is 73.3 Å². The maximum Gasteiger partial charge on any atom is 0.0201 e. The molecule has 0 saturated heterocycles. The molecule has 0 amide bonds. The minimum Gasteiger partial charge on any atom is -0.309 e. The van der Waals surface area contributed by atoms with Gasteiger partial charge >= 0.3 is 0 Å². The molecule has 0 N–H and O–H groups in total. The fraction of sp³-hybridized carbons (Fsp3) is 0.364. The lowest BCUT2D eigenvalue weighted by molar-refractivity contribution is 0.417. The summed E-state index contributed by atoms with van der Waals surface area (Å²) >= 11 is 1.90. The monoisotopic (exact) mass is 337 g/mol. The van der Waals surface area contributed by atoms with Crippen LogP contribution >= 0.6 is 11.8 Å². The molecule has 1 nitrogen and oxygen atoms in total. The Morgan fingerprint density at radius 2 is 1.75 bits per heavy atom. The lowest BCUT2D eigenvalue weighted by Gasteiger charge is -2.23. The Kier molecular flexibility index (Phi) is 5.47. The quantitative estimate of drug-likeness (QED) is 0.584. The summed E-state index contributed by atoms with van der Waals surface area (Å²) in [5.74, 6) is 0.688. The SMILES string of the molecule is CC(C)Cc1ccc2c(c1)/C(=C/CCN(C)C)c1ccccc1S2. The molecule has 3 rings (SSSR count). The average Bonchev–Trinajstić information content (AvgIpc) is 2.53. The molecule has 0 atom stereocenters. The molecule has 1 heterocycles. The van der Waals surface area contributed by atoms with Crippen LogP contribution in [0.3, 0.4) is 0 Å². The molecule has 0 aromatic heterocycles. The molecule has 2 aromatic rings. The number of nitrogens with zero attached hydrogens (tertiary/aromatic N) is 1. The molecule has 1 aliphatic rings. The third-order valence-corrected chi connectivity index (χ3v) is 5.45. The molecule has 0 saturated carbocycles. The third kappa shape index (κ3) is 3.93. The molecule has 24 heavy (non-hydrogen) atoms. The van der Waals surface area contributed by atoms with Crippen molar-refractivity contribution < 1.29 is 0 Å². The average molecular weight is 338 g/mol. The van der Waals surface area contributed by atoms with Gasteiger partial charge in [-0.1, -0.05) is 56.0 Å². The van der Waals surface area contributed by atoms with Crippen LogP contribution in [0.4, 0.5) is 0 Å². The molecule has 0 spiro atoms. The number of fused-ring (bicyclic) bond motifs is 2. The smallest absolute Gasteiger partial charge is 0.0201 e. The Bertz CT molecular complexity index is 743. The lowest BCUT2D eigenvalue weighted by atomic mass is 9.93. The molecule has 1 aliphatic heterocycles. The van der Waals surface area contributed by atoms with E-state index in [1.54, 1.807) is 0 Å². The largest absolute Gasteiger partial charge is 0.309 e. The molecule has 126 valence electrons. The van der Waals surface area contributed by atoms with Crippen LogP contribution < -0.4 is 0 Å². The van der Waals surface area contributed by atoms with Crippen LogP contribution in [-0.2, 0) is 6.42 Å². The van der Waals surface area contributed by atoms with Crippen molar-refractivity contribution in [3.63, 3.8) is 0 Å². The highest BCUT2D eigenvalue weighted by Gasteiger charge is 2.20. The minimum atomic E-state index is 0.688. The number of benzene rings is 2. The predicted molar refractivity (Wildman–Crippen MR) is 106 cm³/mol. The van der Waals surface area contributed by atoms with E-state index in [0.29, 0.717) is 5.92 Å². The van der Waals surface area contributed by atoms with Crippen molar-refractivity contribution in [1.29, 1.82) is 0 Å². The Hall–Kier alpha value is -1.51. The van der Waals surface area contributed by atoms with Crippen LogP contribution in [0.5, 0.6) is 0 Å². The zero-order valence-electron chi connectivity index (χ0n) is 15.2. The van der Waals surface area contributed by atoms with Crippen molar-refractivity contribution in [1.82, 2.24) is 4.90 Å². The number of hydrogen-bond donors (Lipinski definition) is 0. The van der Waals surface area contributed by atoms with Crippen molar-refractivity contribution in [2.75, 3.05) is 20.6 Å². The molecular formula is C22H27NS. The minimum absolute atomic E-state index is 0.688. The van der Waals surface area contributed by atoms with Crippen LogP contribution in [-0.4, -0.2) is 25.5 Å². The lowest BCUT2D eigenvalue weighted by Crippen LogP contribution is -2.12. The summed E-state index contributed by atoms with van der Waals surface area (Å²) in [5, 5.41) is 0. The molecule has 2 heteroatoms. The van der Waals surface area contributed by atoms with E-state index in [9.17, 15) is 0 Å². The van der Waals surface area contributed by atoms with Crippen LogP contribution in [0.25, 0.3) is 5.57 Å². The van der Waals surface area contributed by atoms with E-state index >= 15 is 0 Å². The molecule has 0 unspecified atom stereocenters. The van der Waals surface area contributed by atoms with Crippen LogP contribution in [0.1, 0.15) is 37.0 Å². The van der Waals surface area contributed by atoms with E-state index in [4.69, 9.17) is 0 Å². The van der Waals surface area contributed by atoms with Crippen molar-refractivity contribution >= 4 is 17.3 Å². The normalized spacial score (nSPS) is 15.0. The van der Waals surface area contributed by atoms with E-state index in [2.05, 4.69) is 81.4 Å². The number of rotatable bonds is 5. The van der Waals surface area contributed by atoms with Gasteiger partial charge in [0.25, 0.3) is 0 Å². The highest BCUT2D eigenvalue weighted by Crippen LogP contribution is 2.45. The molecule has 0 fully saturated rings. The van der Waals surface area contributed by atoms with Gasteiger partial charge in [0.2, 0.25) is 0 Å². The predicted octanol–water partition coefficient (Wildman–Crippen LogP) is 5.73. The van der Waals surface area contributed by atoms with Gasteiger partial charge in [-0.2, -0.15) is 0 Å². The summed E-state index contributed by atoms with van der Waals surface area (Å²) in [6.45, 7) is 5.66. The third-order valence-electron chi connectivity index (χ3n) is 4.30. The summed E-state index contributed by atoms with van der Waals surface area (Å²) in [6, 6.07) is 15.8. The second-order valence-corrected chi connectivity index (χ2v) is 8.32. The van der Waals surface area contributed by atoms with Crippen molar-refractivity contribution in [3.8, 4) is 0 Å². The fourth-order valence-corrected chi connectivity index (χ4v) is 4.29. The van der Waals surface area contributed by atoms with Gasteiger partial charge in [0.05, 0.1) is 0 Å². The maximum atomic E-state index is 2.43. The van der Waals surface area contributed by atoms with Crippen LogP contribution in [0.2, 0.25) is 0 Å². The van der Waals surface area contributed by atoms with E-state index in [1.165, 1.54) is 32.1 Å². The van der Waals surface area contributed by atoms with Crippen molar-refractivity contribution in [2.45, 2.75) is 36.5 Å². The number of hydrogen-bond acceptors (Lipinski definition) is 2. The summed E-state index contributed by atoms with van der Waals surface area (Å²) in [7, 11) is 4.27. The van der Waals surface area contributed by atoms with Gasteiger partial charge in [0.15, 0.2) is 0 Å². The van der Waals surface area contributed by atoms with Crippen LogP contribution in [0, 0.1) is 5.92 Å². The first kappa shape index (κ1) is 17.3. The molecule has 0 bridgehead atoms. The summed E-state index contributed by atoms with van der Waals surface area (Å²) in [4.78, 5) is 5.01. The summed E-state index contributed by atoms with van der Waals surface area (Å²) < 4.78 is 0. The highest BCUT2D eigenvalue weighted by atomic mass is 32.2. The van der Waals surface area contributed by atoms with Gasteiger partial charge in [-0.15, -0.1) is 0 Å². The Labute approximate surface area is 150 Å². The fourth-order valence-electron chi connectivity index (χ4n) is 3.20. The molecule has 0 aliphatic carbocycles. The van der Waals surface area contributed by atoms with Gasteiger partial charge in [0.1, 0.15) is 0 Å². The van der Waals surface area contributed by atoms with Gasteiger partial charge in [-0.3, -0.25) is 0 Å². The first-order valence-electron chi connectivity index (χ1n) is 8.80. The second-order valence-electron chi connectivity index (χ2n) is 7.24. The summed E-state index contributed by atoms with van der Waals surface area (Å²) in [6.07, 6.45) is 4.65. The van der Waals surface area contributed by atoms with Gasteiger partial charge in [-0.25, -0.2) is 0 Å². The van der Waals surface area contributed by atoms with Crippen molar-refractivity contribution in [3.05, 3.63) is 65.2 Å². The first-order valence-corrected chi connectivity index (χ1v) is 9.61. The maximum absolute atomic E-state index is 2.43. The molecular weight excluding hydrogens is 310 g/mol. The summed E-state index contributed by atoms with van der Waals surface area (Å²) in [5.41, 5.74) is 5.65. The van der Waals surface area contributed by atoms with Crippen LogP contribution in [0.15, 0.2) is 58.3 Å². The Balaban J connectivity index is 2.02. The van der Waals surface area contributed by atoms with E-state index in [1.807, 2.05) is 11.8 Å². The van der Waals surface area contributed by atoms with Crippen molar-refractivity contribution in [2.24, 2.45) is 5.92 Å². The zero-order chi connectivity index (χ0) is 17.1. The first-order chi connectivity index (χ1) is 11.5. The van der Waals surface area contributed by atoms with E-state index in [0.717, 1.165) is 19.4 Å². The van der Waals surface area contributed by atoms with E-state index < -0.39 is 0 Å². The Morgan fingerprint density at radius 1 is 1.00 bits per heavy atom. The van der Waals surface area contributed by atoms with Gasteiger partial charge < -0.3 is 4.90 Å². The molecule has 2 aromatic carbocycles. The zero-order valence-corrected chi connectivity index (χ0v) is 16.0. The van der Waals surface area contributed by atoms with Gasteiger partial charge in [0, 0.05) is 16.3 Å². The standard InChI is InChI=1S/C22H27NS/c1-16(2)14-17-11-12-22-20(15-17)18(9-7-13-23(3)4)19-8-5-6-10-21(19)24-22/h5-6,8-12,15-16H,7,13-14H2,1-4H3/b18-9+. The second kappa shape index (κ2) is 7.58. The topological polar surface area (TPSA) is 3.24 Å². The Morgan fingerprint density at radius 3 is 2.50 bits per heavy atom. The van der Waals surface area contributed by atoms with E-state index in [-0.39, 0.29) is 0 Å².